The molecule has 1 aromatic heterocycles. The van der Waals surface area contributed by atoms with Crippen LogP contribution in [0.3, 0.4) is 0 Å². The van der Waals surface area contributed by atoms with Crippen LogP contribution < -0.4 is 10.6 Å². The van der Waals surface area contributed by atoms with Gasteiger partial charge in [0.1, 0.15) is 5.82 Å². The van der Waals surface area contributed by atoms with Crippen LogP contribution in [0.25, 0.3) is 0 Å². The molecule has 0 saturated heterocycles. The zero-order chi connectivity index (χ0) is 13.5. The summed E-state index contributed by atoms with van der Waals surface area (Å²) < 4.78 is 0. The molecule has 0 aromatic carbocycles. The van der Waals surface area contributed by atoms with E-state index in [4.69, 9.17) is 0 Å². The number of hydrogen-bond donors (Lipinski definition) is 2. The second-order valence-corrected chi connectivity index (χ2v) is 5.74. The Bertz CT molecular complexity index is 359. The second kappa shape index (κ2) is 7.37. The maximum atomic E-state index is 4.59. The van der Waals surface area contributed by atoms with E-state index in [9.17, 15) is 0 Å². The highest BCUT2D eigenvalue weighted by molar-refractivity contribution is 5.38. The Morgan fingerprint density at radius 3 is 2.28 bits per heavy atom. The first-order valence-corrected chi connectivity index (χ1v) is 6.90. The second-order valence-electron chi connectivity index (χ2n) is 5.74. The highest BCUT2D eigenvalue weighted by Crippen LogP contribution is 2.11. The quantitative estimate of drug-likeness (QED) is 0.779. The summed E-state index contributed by atoms with van der Waals surface area (Å²) in [6.07, 6.45) is 0. The number of pyridine rings is 1. The largest absolute Gasteiger partial charge is 0.370 e. The van der Waals surface area contributed by atoms with Crippen molar-refractivity contribution in [2.24, 2.45) is 11.8 Å². The Balaban J connectivity index is 2.51. The molecule has 0 unspecified atom stereocenters. The van der Waals surface area contributed by atoms with E-state index in [1.165, 1.54) is 5.56 Å². The molecule has 2 N–H and O–H groups in total. The third-order valence-electron chi connectivity index (χ3n) is 2.75. The molecule has 0 aliphatic carbocycles. The normalized spacial score (nSPS) is 11.3. The van der Waals surface area contributed by atoms with E-state index in [1.54, 1.807) is 0 Å². The summed E-state index contributed by atoms with van der Waals surface area (Å²) in [5, 5.41) is 6.81. The van der Waals surface area contributed by atoms with Crippen molar-refractivity contribution in [3.8, 4) is 0 Å². The first-order valence-electron chi connectivity index (χ1n) is 6.90. The molecule has 1 aromatic rings. The Morgan fingerprint density at radius 2 is 1.72 bits per heavy atom. The van der Waals surface area contributed by atoms with Crippen LogP contribution in [0.2, 0.25) is 0 Å². The molecule has 1 rings (SSSR count). The summed E-state index contributed by atoms with van der Waals surface area (Å²) >= 11 is 0. The van der Waals surface area contributed by atoms with Crippen LogP contribution in [0.1, 0.15) is 39.0 Å². The molecule has 102 valence electrons. The van der Waals surface area contributed by atoms with Gasteiger partial charge in [0.2, 0.25) is 0 Å². The molecule has 0 aliphatic rings. The lowest BCUT2D eigenvalue weighted by Gasteiger charge is -2.12. The van der Waals surface area contributed by atoms with Gasteiger partial charge in [0.25, 0.3) is 0 Å². The molecule has 0 spiro atoms. The SMILES string of the molecule is Cc1nc(NCC(C)C)ccc1CNCC(C)C. The van der Waals surface area contributed by atoms with E-state index in [1.807, 2.05) is 0 Å². The van der Waals surface area contributed by atoms with Gasteiger partial charge < -0.3 is 10.6 Å². The fourth-order valence-corrected chi connectivity index (χ4v) is 1.68. The zero-order valence-corrected chi connectivity index (χ0v) is 12.4. The molecule has 0 aliphatic heterocycles. The monoisotopic (exact) mass is 249 g/mol. The predicted octanol–water partition coefficient (Wildman–Crippen LogP) is 3.20. The van der Waals surface area contributed by atoms with Gasteiger partial charge in [0.05, 0.1) is 0 Å². The average Bonchev–Trinajstić information content (AvgIpc) is 2.28. The summed E-state index contributed by atoms with van der Waals surface area (Å²) in [6.45, 7) is 13.8. The first kappa shape index (κ1) is 15.0. The van der Waals surface area contributed by atoms with E-state index in [-0.39, 0.29) is 0 Å². The van der Waals surface area contributed by atoms with Gasteiger partial charge in [0.15, 0.2) is 0 Å². The molecule has 3 nitrogen and oxygen atoms in total. The molecule has 0 fully saturated rings. The minimum absolute atomic E-state index is 0.638. The van der Waals surface area contributed by atoms with Gasteiger partial charge in [-0.25, -0.2) is 4.98 Å². The fourth-order valence-electron chi connectivity index (χ4n) is 1.68. The lowest BCUT2D eigenvalue weighted by atomic mass is 10.1. The van der Waals surface area contributed by atoms with Crippen LogP contribution in [0.5, 0.6) is 0 Å². The van der Waals surface area contributed by atoms with Crippen molar-refractivity contribution < 1.29 is 0 Å². The lowest BCUT2D eigenvalue weighted by Crippen LogP contribution is -2.20. The minimum atomic E-state index is 0.638. The lowest BCUT2D eigenvalue weighted by molar-refractivity contribution is 0.551. The summed E-state index contributed by atoms with van der Waals surface area (Å²) in [5.74, 6) is 2.30. The molecule has 1 heterocycles. The van der Waals surface area contributed by atoms with Gasteiger partial charge in [0, 0.05) is 18.8 Å². The number of rotatable bonds is 7. The van der Waals surface area contributed by atoms with Gasteiger partial charge in [-0.2, -0.15) is 0 Å². The third-order valence-corrected chi connectivity index (χ3v) is 2.75. The summed E-state index contributed by atoms with van der Waals surface area (Å²) in [4.78, 5) is 4.59. The molecular weight excluding hydrogens is 222 g/mol. The standard InChI is InChI=1S/C15H27N3/c1-11(2)8-16-10-14-6-7-15(18-13(14)5)17-9-12(3)4/h6-7,11-12,16H,8-10H2,1-5H3,(H,17,18). The van der Waals surface area contributed by atoms with Gasteiger partial charge >= 0.3 is 0 Å². The van der Waals surface area contributed by atoms with Crippen LogP contribution in [-0.4, -0.2) is 18.1 Å². The van der Waals surface area contributed by atoms with Crippen molar-refractivity contribution in [1.82, 2.24) is 10.3 Å². The van der Waals surface area contributed by atoms with E-state index >= 15 is 0 Å². The van der Waals surface area contributed by atoms with Crippen molar-refractivity contribution in [3.63, 3.8) is 0 Å². The molecular formula is C15H27N3. The number of nitrogens with one attached hydrogen (secondary N) is 2. The number of aryl methyl sites for hydroxylation is 1. The number of nitrogens with zero attached hydrogens (tertiary/aromatic N) is 1. The zero-order valence-electron chi connectivity index (χ0n) is 12.4. The first-order chi connectivity index (χ1) is 8.49. The maximum absolute atomic E-state index is 4.59. The fraction of sp³-hybridized carbons (Fsp3) is 0.667. The number of hydrogen-bond acceptors (Lipinski definition) is 3. The van der Waals surface area contributed by atoms with Crippen LogP contribution >= 0.6 is 0 Å². The highest BCUT2D eigenvalue weighted by atomic mass is 15.0. The minimum Gasteiger partial charge on any atom is -0.370 e. The van der Waals surface area contributed by atoms with Gasteiger partial charge in [-0.15, -0.1) is 0 Å². The van der Waals surface area contributed by atoms with E-state index < -0.39 is 0 Å². The topological polar surface area (TPSA) is 37.0 Å². The molecule has 0 radical (unpaired) electrons. The predicted molar refractivity (Wildman–Crippen MR) is 78.8 cm³/mol. The summed E-state index contributed by atoms with van der Waals surface area (Å²) in [5.41, 5.74) is 2.39. The number of aromatic nitrogens is 1. The molecule has 3 heteroatoms. The van der Waals surface area contributed by atoms with Crippen LogP contribution in [0.4, 0.5) is 5.82 Å². The van der Waals surface area contributed by atoms with Crippen LogP contribution in [-0.2, 0) is 6.54 Å². The van der Waals surface area contributed by atoms with Gasteiger partial charge in [-0.3, -0.25) is 0 Å². The maximum Gasteiger partial charge on any atom is 0.126 e. The molecule has 0 amide bonds. The van der Waals surface area contributed by atoms with E-state index in [0.29, 0.717) is 11.8 Å². The van der Waals surface area contributed by atoms with Crippen LogP contribution in [0.15, 0.2) is 12.1 Å². The molecule has 18 heavy (non-hydrogen) atoms. The van der Waals surface area contributed by atoms with Gasteiger partial charge in [-0.1, -0.05) is 33.8 Å². The average molecular weight is 249 g/mol. The van der Waals surface area contributed by atoms with Crippen molar-refractivity contribution >= 4 is 5.82 Å². The van der Waals surface area contributed by atoms with Crippen molar-refractivity contribution in [2.75, 3.05) is 18.4 Å². The molecule has 0 saturated carbocycles. The molecule has 0 bridgehead atoms. The third kappa shape index (κ3) is 5.50. The Morgan fingerprint density at radius 1 is 1.06 bits per heavy atom. The summed E-state index contributed by atoms with van der Waals surface area (Å²) in [7, 11) is 0. The Hall–Kier alpha value is -1.09. The van der Waals surface area contributed by atoms with Crippen LogP contribution in [0, 0.1) is 18.8 Å². The van der Waals surface area contributed by atoms with Gasteiger partial charge in [-0.05, 0) is 36.9 Å². The van der Waals surface area contributed by atoms with E-state index in [0.717, 1.165) is 31.1 Å². The Kier molecular flexibility index (Phi) is 6.13. The number of anilines is 1. The van der Waals surface area contributed by atoms with E-state index in [2.05, 4.69) is 62.4 Å². The smallest absolute Gasteiger partial charge is 0.126 e. The summed E-state index contributed by atoms with van der Waals surface area (Å²) in [6, 6.07) is 4.24. The highest BCUT2D eigenvalue weighted by Gasteiger charge is 2.03. The Labute approximate surface area is 111 Å². The molecule has 0 atom stereocenters. The van der Waals surface area contributed by atoms with Crippen molar-refractivity contribution in [1.29, 1.82) is 0 Å². The van der Waals surface area contributed by atoms with Crippen molar-refractivity contribution in [2.45, 2.75) is 41.2 Å². The van der Waals surface area contributed by atoms with Crippen molar-refractivity contribution in [3.05, 3.63) is 23.4 Å².